The van der Waals surface area contributed by atoms with Crippen LogP contribution in [0.3, 0.4) is 0 Å². The standard InChI is InChI=1S/C33H62N12O7/c1-7-19(6)25(31(51)52)45-30(50)24(18(4)5)44-29(49)23(17(2)3)43-28(48)22(13-10-16-40-33(36)37)42-27(47)21(12-9-15-39-32(34)35)41-26(46)20-11-8-14-38-20/h17-25,38H,7-16H2,1-6H3,(H,41,46)(H,42,47)(H,43,48)(H,44,49)(H,45,50)(H,51,52)(H4,34,35,39)(H4,36,37,40)/t19-,20-,21-,22-,23-,24-,25-/m0/s1. The molecule has 1 saturated heterocycles. The van der Waals surface area contributed by atoms with E-state index in [9.17, 15) is 33.9 Å². The Labute approximate surface area is 306 Å². The van der Waals surface area contributed by atoms with Gasteiger partial charge in [0.05, 0.1) is 6.04 Å². The molecule has 0 aromatic rings. The van der Waals surface area contributed by atoms with Crippen LogP contribution in [0.1, 0.15) is 86.5 Å². The molecule has 7 atom stereocenters. The molecule has 1 fully saturated rings. The summed E-state index contributed by atoms with van der Waals surface area (Å²) in [6, 6.07) is -6.07. The number of nitrogens with two attached hydrogens (primary N) is 4. The highest BCUT2D eigenvalue weighted by atomic mass is 16.4. The first-order chi connectivity index (χ1) is 24.4. The summed E-state index contributed by atoms with van der Waals surface area (Å²) in [5.74, 6) is -5.73. The molecule has 1 heterocycles. The number of nitrogens with one attached hydrogen (secondary N) is 6. The van der Waals surface area contributed by atoms with Gasteiger partial charge in [-0.1, -0.05) is 48.0 Å². The Bertz CT molecular complexity index is 1260. The molecular weight excluding hydrogens is 676 g/mol. The maximum atomic E-state index is 13.8. The highest BCUT2D eigenvalue weighted by Gasteiger charge is 2.35. The Morgan fingerprint density at radius 3 is 1.54 bits per heavy atom. The van der Waals surface area contributed by atoms with Crippen molar-refractivity contribution in [3.05, 3.63) is 0 Å². The third-order valence-corrected chi connectivity index (χ3v) is 8.80. The fourth-order valence-electron chi connectivity index (χ4n) is 5.49. The number of nitrogens with zero attached hydrogens (tertiary/aromatic N) is 2. The summed E-state index contributed by atoms with van der Waals surface area (Å²) < 4.78 is 0. The Kier molecular flexibility index (Phi) is 20.1. The van der Waals surface area contributed by atoms with Crippen LogP contribution in [-0.4, -0.2) is 108 Å². The van der Waals surface area contributed by atoms with E-state index in [1.54, 1.807) is 41.5 Å². The van der Waals surface area contributed by atoms with Gasteiger partial charge in [0.25, 0.3) is 0 Å². The van der Waals surface area contributed by atoms with Gasteiger partial charge in [0, 0.05) is 13.1 Å². The van der Waals surface area contributed by atoms with Crippen LogP contribution in [0.2, 0.25) is 0 Å². The molecule has 0 saturated carbocycles. The molecule has 19 nitrogen and oxygen atoms in total. The van der Waals surface area contributed by atoms with Crippen molar-refractivity contribution < 1.29 is 33.9 Å². The van der Waals surface area contributed by atoms with Gasteiger partial charge >= 0.3 is 5.97 Å². The van der Waals surface area contributed by atoms with E-state index in [0.29, 0.717) is 25.8 Å². The van der Waals surface area contributed by atoms with Crippen molar-refractivity contribution >= 4 is 47.4 Å². The van der Waals surface area contributed by atoms with Gasteiger partial charge < -0.3 is 59.9 Å². The molecule has 1 aliphatic rings. The lowest BCUT2D eigenvalue weighted by atomic mass is 9.96. The fraction of sp³-hybridized carbons (Fsp3) is 0.758. The monoisotopic (exact) mass is 738 g/mol. The smallest absolute Gasteiger partial charge is 0.326 e. The van der Waals surface area contributed by atoms with Gasteiger partial charge in [-0.3, -0.25) is 34.0 Å². The second kappa shape index (κ2) is 23.0. The quantitative estimate of drug-likeness (QED) is 0.0300. The van der Waals surface area contributed by atoms with Crippen LogP contribution in [0.15, 0.2) is 9.98 Å². The van der Waals surface area contributed by atoms with Crippen LogP contribution in [0, 0.1) is 17.8 Å². The normalized spacial score (nSPS) is 17.4. The van der Waals surface area contributed by atoms with Gasteiger partial charge in [-0.05, 0) is 62.8 Å². The van der Waals surface area contributed by atoms with E-state index in [2.05, 4.69) is 41.9 Å². The molecule has 19 heteroatoms. The van der Waals surface area contributed by atoms with Crippen molar-refractivity contribution in [1.29, 1.82) is 0 Å². The van der Waals surface area contributed by atoms with Crippen molar-refractivity contribution in [3.8, 4) is 0 Å². The minimum atomic E-state index is -1.19. The highest BCUT2D eigenvalue weighted by molar-refractivity contribution is 5.96. The van der Waals surface area contributed by atoms with Gasteiger partial charge in [0.2, 0.25) is 29.5 Å². The number of hydrogen-bond acceptors (Lipinski definition) is 9. The van der Waals surface area contributed by atoms with E-state index in [-0.39, 0.29) is 56.1 Å². The van der Waals surface area contributed by atoms with Gasteiger partial charge in [-0.2, -0.15) is 0 Å². The molecule has 0 unspecified atom stereocenters. The SMILES string of the molecule is CC[C@H](C)[C@H](NC(=O)[C@@H](NC(=O)[C@@H](NC(=O)[C@H](CCCN=C(N)N)NC(=O)[C@H](CCCN=C(N)N)NC(=O)[C@@H]1CCCN1)C(C)C)C(C)C)C(=O)O. The van der Waals surface area contributed by atoms with Gasteiger partial charge in [-0.15, -0.1) is 0 Å². The lowest BCUT2D eigenvalue weighted by Gasteiger charge is -2.30. The van der Waals surface area contributed by atoms with Crippen LogP contribution in [0.25, 0.3) is 0 Å². The Morgan fingerprint density at radius 1 is 0.692 bits per heavy atom. The number of guanidine groups is 2. The predicted octanol–water partition coefficient (Wildman–Crippen LogP) is -2.29. The minimum absolute atomic E-state index is 0.0723. The maximum Gasteiger partial charge on any atom is 0.326 e. The number of aliphatic carboxylic acids is 1. The summed E-state index contributed by atoms with van der Waals surface area (Å²) in [5, 5.41) is 26.2. The van der Waals surface area contributed by atoms with E-state index < -0.39 is 77.7 Å². The molecule has 0 aliphatic carbocycles. The Morgan fingerprint density at radius 2 is 1.13 bits per heavy atom. The average molecular weight is 739 g/mol. The number of carbonyl (C=O) groups is 6. The molecule has 1 aliphatic heterocycles. The zero-order chi connectivity index (χ0) is 39.5. The largest absolute Gasteiger partial charge is 0.480 e. The highest BCUT2D eigenvalue weighted by Crippen LogP contribution is 2.13. The second-order valence-electron chi connectivity index (χ2n) is 13.8. The lowest BCUT2D eigenvalue weighted by Crippen LogP contribution is -2.61. The van der Waals surface area contributed by atoms with Gasteiger partial charge in [0.15, 0.2) is 11.9 Å². The van der Waals surface area contributed by atoms with Crippen LogP contribution < -0.4 is 54.8 Å². The van der Waals surface area contributed by atoms with E-state index >= 15 is 0 Å². The number of aliphatic imine (C=N–C) groups is 2. The molecular formula is C33H62N12O7. The fourth-order valence-corrected chi connectivity index (χ4v) is 5.49. The van der Waals surface area contributed by atoms with E-state index in [1.165, 1.54) is 0 Å². The van der Waals surface area contributed by atoms with Crippen molar-refractivity contribution in [2.45, 2.75) is 123 Å². The van der Waals surface area contributed by atoms with Crippen LogP contribution in [-0.2, 0) is 28.8 Å². The van der Waals surface area contributed by atoms with Crippen molar-refractivity contribution in [1.82, 2.24) is 31.9 Å². The first-order valence-electron chi connectivity index (χ1n) is 18.0. The van der Waals surface area contributed by atoms with Crippen LogP contribution in [0.4, 0.5) is 0 Å². The maximum absolute atomic E-state index is 13.8. The first-order valence-corrected chi connectivity index (χ1v) is 18.0. The summed E-state index contributed by atoms with van der Waals surface area (Å²) in [5.41, 5.74) is 21.7. The zero-order valence-corrected chi connectivity index (χ0v) is 31.4. The number of amides is 5. The lowest BCUT2D eigenvalue weighted by molar-refractivity contribution is -0.144. The third-order valence-electron chi connectivity index (χ3n) is 8.80. The van der Waals surface area contributed by atoms with Gasteiger partial charge in [0.1, 0.15) is 30.2 Å². The van der Waals surface area contributed by atoms with Crippen LogP contribution >= 0.6 is 0 Å². The third kappa shape index (κ3) is 16.1. The molecule has 15 N–H and O–H groups in total. The van der Waals surface area contributed by atoms with E-state index in [0.717, 1.165) is 6.42 Å². The minimum Gasteiger partial charge on any atom is -0.480 e. The molecule has 296 valence electrons. The number of carboxylic acid groups (broad SMARTS) is 1. The number of carbonyl (C=O) groups excluding carboxylic acids is 5. The average Bonchev–Trinajstić information content (AvgIpc) is 3.61. The number of rotatable bonds is 23. The molecule has 0 spiro atoms. The summed E-state index contributed by atoms with van der Waals surface area (Å²) in [6.07, 6.45) is 2.79. The predicted molar refractivity (Wildman–Crippen MR) is 197 cm³/mol. The molecule has 0 aromatic heterocycles. The molecule has 0 bridgehead atoms. The summed E-state index contributed by atoms with van der Waals surface area (Å²) in [6.45, 7) is 11.3. The zero-order valence-electron chi connectivity index (χ0n) is 31.4. The Hall–Kier alpha value is -4.68. The van der Waals surface area contributed by atoms with Crippen molar-refractivity contribution in [3.63, 3.8) is 0 Å². The first kappa shape index (κ1) is 45.3. The number of carboxylic acids is 1. The molecule has 0 aromatic carbocycles. The summed E-state index contributed by atoms with van der Waals surface area (Å²) in [7, 11) is 0. The second-order valence-corrected chi connectivity index (χ2v) is 13.8. The van der Waals surface area contributed by atoms with E-state index in [4.69, 9.17) is 22.9 Å². The number of hydrogen-bond donors (Lipinski definition) is 11. The van der Waals surface area contributed by atoms with Crippen LogP contribution in [0.5, 0.6) is 0 Å². The molecule has 52 heavy (non-hydrogen) atoms. The summed E-state index contributed by atoms with van der Waals surface area (Å²) >= 11 is 0. The van der Waals surface area contributed by atoms with E-state index in [1.807, 2.05) is 0 Å². The summed E-state index contributed by atoms with van der Waals surface area (Å²) in [4.78, 5) is 87.1. The molecule has 5 amide bonds. The van der Waals surface area contributed by atoms with Gasteiger partial charge in [-0.25, -0.2) is 4.79 Å². The Balaban J connectivity index is 3.25. The molecule has 1 rings (SSSR count). The molecule has 0 radical (unpaired) electrons. The van der Waals surface area contributed by atoms with Crippen molar-refractivity contribution in [2.75, 3.05) is 19.6 Å². The van der Waals surface area contributed by atoms with Crippen molar-refractivity contribution in [2.24, 2.45) is 50.7 Å². The topological polar surface area (TPSA) is 324 Å².